The van der Waals surface area contributed by atoms with Crippen LogP contribution in [0.1, 0.15) is 16.6 Å². The number of esters is 1. The van der Waals surface area contributed by atoms with E-state index in [2.05, 4.69) is 6.58 Å². The number of benzene rings is 1. The van der Waals surface area contributed by atoms with Gasteiger partial charge in [0.15, 0.2) is 5.43 Å². The molecule has 2 aromatic rings. The van der Waals surface area contributed by atoms with Crippen LogP contribution in [0.3, 0.4) is 0 Å². The number of rotatable bonds is 5. The molecule has 0 N–H and O–H groups in total. The lowest BCUT2D eigenvalue weighted by Crippen LogP contribution is -2.08. The fraction of sp³-hybridized carbons (Fsp3) is 0.200. The second kappa shape index (κ2) is 6.34. The van der Waals surface area contributed by atoms with Crippen LogP contribution in [0, 0.1) is 0 Å². The van der Waals surface area contributed by atoms with E-state index in [1.807, 2.05) is 0 Å². The quantitative estimate of drug-likeness (QED) is 0.627. The molecular formula is C15H14O4S. The SMILES string of the molecule is C=CCOc1ccc2sc(C(=O)OCC)cc(=O)c2c1. The molecule has 0 bridgehead atoms. The normalized spacial score (nSPS) is 10.2. The molecule has 1 heterocycles. The van der Waals surface area contributed by atoms with Crippen LogP contribution < -0.4 is 10.2 Å². The zero-order valence-corrected chi connectivity index (χ0v) is 11.9. The average Bonchev–Trinajstić information content (AvgIpc) is 2.45. The Labute approximate surface area is 120 Å². The molecule has 2 rings (SSSR count). The van der Waals surface area contributed by atoms with E-state index in [1.165, 1.54) is 17.4 Å². The third-order valence-corrected chi connectivity index (χ3v) is 3.62. The van der Waals surface area contributed by atoms with Crippen molar-refractivity contribution in [2.24, 2.45) is 0 Å². The number of carbonyl (C=O) groups excluding carboxylic acids is 1. The van der Waals surface area contributed by atoms with Crippen molar-refractivity contribution in [3.63, 3.8) is 0 Å². The summed E-state index contributed by atoms with van der Waals surface area (Å²) in [6, 6.07) is 6.51. The van der Waals surface area contributed by atoms with Gasteiger partial charge in [-0.2, -0.15) is 0 Å². The molecule has 0 fully saturated rings. The number of carbonyl (C=O) groups is 1. The summed E-state index contributed by atoms with van der Waals surface area (Å²) in [6.45, 7) is 5.96. The highest BCUT2D eigenvalue weighted by Gasteiger charge is 2.11. The monoisotopic (exact) mass is 290 g/mol. The molecule has 0 unspecified atom stereocenters. The lowest BCUT2D eigenvalue weighted by atomic mass is 10.2. The number of hydrogen-bond acceptors (Lipinski definition) is 5. The molecule has 0 spiro atoms. The van der Waals surface area contributed by atoms with Crippen LogP contribution in [0.4, 0.5) is 0 Å². The fourth-order valence-electron chi connectivity index (χ4n) is 1.68. The van der Waals surface area contributed by atoms with Crippen molar-refractivity contribution >= 4 is 27.4 Å². The van der Waals surface area contributed by atoms with E-state index in [0.29, 0.717) is 22.6 Å². The van der Waals surface area contributed by atoms with E-state index in [9.17, 15) is 9.59 Å². The number of ether oxygens (including phenoxy) is 2. The van der Waals surface area contributed by atoms with Gasteiger partial charge < -0.3 is 9.47 Å². The van der Waals surface area contributed by atoms with Crippen LogP contribution >= 0.6 is 11.3 Å². The van der Waals surface area contributed by atoms with Crippen LogP contribution in [0.25, 0.3) is 10.1 Å². The third kappa shape index (κ3) is 3.05. The van der Waals surface area contributed by atoms with Gasteiger partial charge in [-0.3, -0.25) is 4.79 Å². The van der Waals surface area contributed by atoms with Gasteiger partial charge in [0.2, 0.25) is 0 Å². The van der Waals surface area contributed by atoms with Gasteiger partial charge in [0.1, 0.15) is 17.2 Å². The molecule has 0 atom stereocenters. The standard InChI is InChI=1S/C15H14O4S/c1-3-7-19-10-5-6-13-11(8-10)12(16)9-14(20-13)15(17)18-4-2/h3,5-6,8-9H,1,4,7H2,2H3. The summed E-state index contributed by atoms with van der Waals surface area (Å²) >= 11 is 1.23. The first-order valence-corrected chi connectivity index (χ1v) is 6.96. The maximum atomic E-state index is 12.1. The molecule has 4 nitrogen and oxygen atoms in total. The minimum atomic E-state index is -0.469. The van der Waals surface area contributed by atoms with Gasteiger partial charge in [-0.25, -0.2) is 4.79 Å². The molecule has 0 aliphatic heterocycles. The van der Waals surface area contributed by atoms with E-state index in [4.69, 9.17) is 9.47 Å². The van der Waals surface area contributed by atoms with E-state index in [-0.39, 0.29) is 12.0 Å². The topological polar surface area (TPSA) is 52.6 Å². The smallest absolute Gasteiger partial charge is 0.348 e. The van der Waals surface area contributed by atoms with Crippen LogP contribution in [0.15, 0.2) is 41.7 Å². The molecule has 104 valence electrons. The van der Waals surface area contributed by atoms with E-state index in [1.54, 1.807) is 31.2 Å². The van der Waals surface area contributed by atoms with Crippen LogP contribution in [-0.4, -0.2) is 19.2 Å². The second-order valence-corrected chi connectivity index (χ2v) is 5.04. The van der Waals surface area contributed by atoms with Crippen molar-refractivity contribution in [1.82, 2.24) is 0 Å². The van der Waals surface area contributed by atoms with E-state index < -0.39 is 5.97 Å². The highest BCUT2D eigenvalue weighted by Crippen LogP contribution is 2.24. The fourth-order valence-corrected chi connectivity index (χ4v) is 2.63. The first kappa shape index (κ1) is 14.3. The highest BCUT2D eigenvalue weighted by molar-refractivity contribution is 7.20. The molecule has 0 amide bonds. The van der Waals surface area contributed by atoms with E-state index in [0.717, 1.165) is 4.70 Å². The van der Waals surface area contributed by atoms with Crippen molar-refractivity contribution in [1.29, 1.82) is 0 Å². The Bertz CT molecular complexity index is 703. The Morgan fingerprint density at radius 3 is 2.90 bits per heavy atom. The molecule has 0 aliphatic rings. The highest BCUT2D eigenvalue weighted by atomic mass is 32.1. The molecule has 0 saturated carbocycles. The summed E-state index contributed by atoms with van der Waals surface area (Å²) < 4.78 is 11.0. The summed E-state index contributed by atoms with van der Waals surface area (Å²) in [4.78, 5) is 24.0. The zero-order valence-electron chi connectivity index (χ0n) is 11.0. The second-order valence-electron chi connectivity index (χ2n) is 3.95. The summed E-state index contributed by atoms with van der Waals surface area (Å²) in [5.74, 6) is 0.133. The predicted octanol–water partition coefficient (Wildman–Crippen LogP) is 3.00. The van der Waals surface area contributed by atoms with Crippen LogP contribution in [0.2, 0.25) is 0 Å². The van der Waals surface area contributed by atoms with Crippen molar-refractivity contribution in [3.8, 4) is 5.75 Å². The molecule has 20 heavy (non-hydrogen) atoms. The van der Waals surface area contributed by atoms with E-state index >= 15 is 0 Å². The molecule has 1 aromatic carbocycles. The lowest BCUT2D eigenvalue weighted by molar-refractivity contribution is 0.0532. The van der Waals surface area contributed by atoms with Gasteiger partial charge in [-0.05, 0) is 25.1 Å². The van der Waals surface area contributed by atoms with Gasteiger partial charge in [-0.15, -0.1) is 11.3 Å². The van der Waals surface area contributed by atoms with Gasteiger partial charge >= 0.3 is 5.97 Å². The van der Waals surface area contributed by atoms with Crippen molar-refractivity contribution in [2.45, 2.75) is 6.92 Å². The summed E-state index contributed by atoms with van der Waals surface area (Å²) in [7, 11) is 0. The Hall–Kier alpha value is -2.14. The first-order valence-electron chi connectivity index (χ1n) is 6.14. The zero-order chi connectivity index (χ0) is 14.5. The van der Waals surface area contributed by atoms with Crippen molar-refractivity contribution in [3.05, 3.63) is 52.0 Å². The molecule has 0 aliphatic carbocycles. The largest absolute Gasteiger partial charge is 0.490 e. The van der Waals surface area contributed by atoms with Crippen molar-refractivity contribution < 1.29 is 14.3 Å². The molecule has 0 saturated heterocycles. The summed E-state index contributed by atoms with van der Waals surface area (Å²) in [5, 5.41) is 0.532. The number of hydrogen-bond donors (Lipinski definition) is 0. The van der Waals surface area contributed by atoms with Gasteiger partial charge in [0.05, 0.1) is 6.61 Å². The molecule has 5 heteroatoms. The lowest BCUT2D eigenvalue weighted by Gasteiger charge is -2.05. The van der Waals surface area contributed by atoms with Gasteiger partial charge in [0.25, 0.3) is 0 Å². The van der Waals surface area contributed by atoms with Crippen LogP contribution in [0.5, 0.6) is 5.75 Å². The van der Waals surface area contributed by atoms with Gasteiger partial charge in [-0.1, -0.05) is 12.7 Å². The molecule has 0 radical (unpaired) electrons. The Kier molecular flexibility index (Phi) is 4.53. The minimum absolute atomic E-state index is 0.217. The molecular weight excluding hydrogens is 276 g/mol. The first-order chi connectivity index (χ1) is 9.65. The predicted molar refractivity (Wildman–Crippen MR) is 79.7 cm³/mol. The summed E-state index contributed by atoms with van der Waals surface area (Å²) in [5.41, 5.74) is -0.217. The minimum Gasteiger partial charge on any atom is -0.490 e. The Morgan fingerprint density at radius 1 is 1.40 bits per heavy atom. The van der Waals surface area contributed by atoms with Crippen molar-refractivity contribution in [2.75, 3.05) is 13.2 Å². The Balaban J connectivity index is 2.44. The number of fused-ring (bicyclic) bond motifs is 1. The average molecular weight is 290 g/mol. The summed E-state index contributed by atoms with van der Waals surface area (Å²) in [6.07, 6.45) is 1.63. The van der Waals surface area contributed by atoms with Gasteiger partial charge in [0, 0.05) is 16.2 Å². The molecule has 1 aromatic heterocycles. The maximum absolute atomic E-state index is 12.1. The third-order valence-electron chi connectivity index (χ3n) is 2.54. The Morgan fingerprint density at radius 2 is 2.20 bits per heavy atom. The maximum Gasteiger partial charge on any atom is 0.348 e. The van der Waals surface area contributed by atoms with Crippen LogP contribution in [-0.2, 0) is 4.74 Å².